The molecular formula is C29H31N3O2. The van der Waals surface area contributed by atoms with Crippen molar-refractivity contribution in [3.05, 3.63) is 126 Å². The minimum absolute atomic E-state index is 0.288. The molecule has 34 heavy (non-hydrogen) atoms. The second-order valence-corrected chi connectivity index (χ2v) is 9.42. The van der Waals surface area contributed by atoms with Crippen molar-refractivity contribution >= 4 is 5.97 Å². The second-order valence-electron chi connectivity index (χ2n) is 9.42. The Labute approximate surface area is 201 Å². The van der Waals surface area contributed by atoms with Crippen molar-refractivity contribution < 1.29 is 9.53 Å². The van der Waals surface area contributed by atoms with Gasteiger partial charge in [-0.3, -0.25) is 4.79 Å². The second kappa shape index (κ2) is 9.65. The Hall–Kier alpha value is -3.70. The van der Waals surface area contributed by atoms with Crippen LogP contribution >= 0.6 is 0 Å². The average molecular weight is 454 g/mol. The van der Waals surface area contributed by atoms with Gasteiger partial charge < -0.3 is 15.0 Å². The van der Waals surface area contributed by atoms with Crippen LogP contribution < -0.4 is 5.73 Å². The standard InChI is InChI=1S/C29H31N3O2/c1-28(2,3)34-27(33)26(30)19-25-20-32(21-31-25)29(22-13-7-4-8-14-22,23-15-9-5-10-16-23)24-17-11-6-12-18-24/h4-18,20-21,26H,19,30H2,1-3H3. The van der Waals surface area contributed by atoms with Crippen molar-refractivity contribution in [2.75, 3.05) is 0 Å². The fraction of sp³-hybridized carbons (Fsp3) is 0.241. The van der Waals surface area contributed by atoms with E-state index in [9.17, 15) is 4.79 Å². The van der Waals surface area contributed by atoms with Crippen LogP contribution in [-0.2, 0) is 21.5 Å². The molecule has 0 aliphatic rings. The molecule has 0 fully saturated rings. The lowest BCUT2D eigenvalue weighted by molar-refractivity contribution is -0.156. The molecule has 0 bridgehead atoms. The Bertz CT molecular complexity index is 1120. The Balaban J connectivity index is 1.82. The number of aromatic nitrogens is 2. The Morgan fingerprint density at radius 3 is 1.71 bits per heavy atom. The molecule has 0 aliphatic carbocycles. The normalized spacial score (nSPS) is 12.8. The molecule has 4 aromatic rings. The minimum Gasteiger partial charge on any atom is -0.459 e. The fourth-order valence-electron chi connectivity index (χ4n) is 4.32. The van der Waals surface area contributed by atoms with Crippen LogP contribution in [0.25, 0.3) is 0 Å². The Morgan fingerprint density at radius 2 is 1.29 bits per heavy atom. The molecule has 5 nitrogen and oxygen atoms in total. The summed E-state index contributed by atoms with van der Waals surface area (Å²) >= 11 is 0. The third kappa shape index (κ3) is 4.80. The number of carbonyl (C=O) groups is 1. The number of hydrogen-bond donors (Lipinski definition) is 1. The van der Waals surface area contributed by atoms with Gasteiger partial charge in [0.15, 0.2) is 0 Å². The van der Waals surface area contributed by atoms with Gasteiger partial charge in [0, 0.05) is 12.6 Å². The van der Waals surface area contributed by atoms with Gasteiger partial charge in [0.2, 0.25) is 0 Å². The van der Waals surface area contributed by atoms with Crippen LogP contribution in [0.5, 0.6) is 0 Å². The van der Waals surface area contributed by atoms with Crippen molar-refractivity contribution in [1.29, 1.82) is 0 Å². The summed E-state index contributed by atoms with van der Waals surface area (Å²) in [7, 11) is 0. The monoisotopic (exact) mass is 453 g/mol. The first-order valence-corrected chi connectivity index (χ1v) is 11.5. The predicted octanol–water partition coefficient (Wildman–Crippen LogP) is 4.93. The zero-order chi connectivity index (χ0) is 24.2. The quantitative estimate of drug-likeness (QED) is 0.318. The molecule has 3 aromatic carbocycles. The van der Waals surface area contributed by atoms with Gasteiger partial charge in [-0.15, -0.1) is 0 Å². The third-order valence-electron chi connectivity index (χ3n) is 5.74. The first-order valence-electron chi connectivity index (χ1n) is 11.5. The van der Waals surface area contributed by atoms with E-state index >= 15 is 0 Å². The number of hydrogen-bond acceptors (Lipinski definition) is 4. The Morgan fingerprint density at radius 1 is 0.853 bits per heavy atom. The summed E-state index contributed by atoms with van der Waals surface area (Å²) in [5.74, 6) is -0.428. The van der Waals surface area contributed by atoms with Crippen LogP contribution in [0.3, 0.4) is 0 Å². The maximum atomic E-state index is 12.4. The van der Waals surface area contributed by atoms with Crippen LogP contribution in [0, 0.1) is 0 Å². The highest BCUT2D eigenvalue weighted by molar-refractivity contribution is 5.76. The molecule has 5 heteroatoms. The molecule has 174 valence electrons. The van der Waals surface area contributed by atoms with E-state index in [2.05, 4.69) is 45.9 Å². The fourth-order valence-corrected chi connectivity index (χ4v) is 4.32. The van der Waals surface area contributed by atoms with Crippen LogP contribution in [0.1, 0.15) is 43.2 Å². The molecule has 0 saturated heterocycles. The summed E-state index contributed by atoms with van der Waals surface area (Å²) in [6, 6.07) is 30.3. The summed E-state index contributed by atoms with van der Waals surface area (Å²) in [6.45, 7) is 5.50. The van der Waals surface area contributed by atoms with E-state index in [4.69, 9.17) is 10.5 Å². The first-order chi connectivity index (χ1) is 16.3. The van der Waals surface area contributed by atoms with Gasteiger partial charge in [0.1, 0.15) is 17.2 Å². The van der Waals surface area contributed by atoms with Gasteiger partial charge in [-0.05, 0) is 37.5 Å². The van der Waals surface area contributed by atoms with E-state index in [1.54, 1.807) is 0 Å². The van der Waals surface area contributed by atoms with E-state index in [0.29, 0.717) is 0 Å². The molecule has 1 unspecified atom stereocenters. The first kappa shape index (κ1) is 23.5. The molecule has 1 atom stereocenters. The lowest BCUT2D eigenvalue weighted by Gasteiger charge is -2.37. The summed E-state index contributed by atoms with van der Waals surface area (Å²) in [4.78, 5) is 17.1. The number of esters is 1. The number of nitrogens with two attached hydrogens (primary N) is 1. The summed E-state index contributed by atoms with van der Waals surface area (Å²) in [5.41, 5.74) is 8.99. The van der Waals surface area contributed by atoms with Crippen molar-refractivity contribution in [1.82, 2.24) is 9.55 Å². The zero-order valence-corrected chi connectivity index (χ0v) is 19.9. The molecule has 0 radical (unpaired) electrons. The van der Waals surface area contributed by atoms with Gasteiger partial charge in [0.25, 0.3) is 0 Å². The molecule has 0 saturated carbocycles. The number of imidazole rings is 1. The lowest BCUT2D eigenvalue weighted by Crippen LogP contribution is -2.39. The number of carbonyl (C=O) groups excluding carboxylic acids is 1. The van der Waals surface area contributed by atoms with E-state index in [1.807, 2.05) is 87.9 Å². The molecule has 0 amide bonds. The molecule has 1 aromatic heterocycles. The summed E-state index contributed by atoms with van der Waals surface area (Å²) < 4.78 is 7.57. The van der Waals surface area contributed by atoms with Crippen molar-refractivity contribution in [3.8, 4) is 0 Å². The number of nitrogens with zero attached hydrogens (tertiary/aromatic N) is 2. The Kier molecular flexibility index (Phi) is 6.66. The minimum atomic E-state index is -0.790. The van der Waals surface area contributed by atoms with E-state index in [1.165, 1.54) is 0 Å². The van der Waals surface area contributed by atoms with E-state index in [-0.39, 0.29) is 6.42 Å². The molecular weight excluding hydrogens is 422 g/mol. The number of ether oxygens (including phenoxy) is 1. The van der Waals surface area contributed by atoms with Crippen LogP contribution in [0.15, 0.2) is 104 Å². The van der Waals surface area contributed by atoms with Crippen LogP contribution in [0.2, 0.25) is 0 Å². The lowest BCUT2D eigenvalue weighted by atomic mass is 9.77. The highest BCUT2D eigenvalue weighted by Crippen LogP contribution is 2.40. The van der Waals surface area contributed by atoms with Gasteiger partial charge in [0.05, 0.1) is 12.0 Å². The predicted molar refractivity (Wildman–Crippen MR) is 134 cm³/mol. The maximum absolute atomic E-state index is 12.4. The van der Waals surface area contributed by atoms with Gasteiger partial charge >= 0.3 is 5.97 Å². The number of benzene rings is 3. The topological polar surface area (TPSA) is 70.1 Å². The smallest absolute Gasteiger partial charge is 0.323 e. The number of rotatable bonds is 7. The third-order valence-corrected chi connectivity index (χ3v) is 5.74. The molecule has 0 aliphatic heterocycles. The maximum Gasteiger partial charge on any atom is 0.323 e. The average Bonchev–Trinajstić information content (AvgIpc) is 3.29. The molecule has 4 rings (SSSR count). The van der Waals surface area contributed by atoms with Crippen LogP contribution in [-0.4, -0.2) is 27.2 Å². The van der Waals surface area contributed by atoms with Crippen molar-refractivity contribution in [2.45, 2.75) is 44.4 Å². The van der Waals surface area contributed by atoms with Gasteiger partial charge in [-0.25, -0.2) is 4.98 Å². The van der Waals surface area contributed by atoms with E-state index < -0.39 is 23.2 Å². The molecule has 0 spiro atoms. The summed E-state index contributed by atoms with van der Waals surface area (Å²) in [5, 5.41) is 0. The summed E-state index contributed by atoms with van der Waals surface area (Å²) in [6.07, 6.45) is 4.09. The molecule has 1 heterocycles. The largest absolute Gasteiger partial charge is 0.459 e. The van der Waals surface area contributed by atoms with Crippen LogP contribution in [0.4, 0.5) is 0 Å². The van der Waals surface area contributed by atoms with E-state index in [0.717, 1.165) is 22.4 Å². The highest BCUT2D eigenvalue weighted by atomic mass is 16.6. The highest BCUT2D eigenvalue weighted by Gasteiger charge is 2.38. The van der Waals surface area contributed by atoms with Gasteiger partial charge in [-0.1, -0.05) is 91.0 Å². The van der Waals surface area contributed by atoms with Crippen molar-refractivity contribution in [3.63, 3.8) is 0 Å². The SMILES string of the molecule is CC(C)(C)OC(=O)C(N)Cc1cn(C(c2ccccc2)(c2ccccc2)c2ccccc2)cn1. The molecule has 2 N–H and O–H groups in total. The zero-order valence-electron chi connectivity index (χ0n) is 19.9. The van der Waals surface area contributed by atoms with Gasteiger partial charge in [-0.2, -0.15) is 0 Å². The van der Waals surface area contributed by atoms with Crippen molar-refractivity contribution in [2.24, 2.45) is 5.73 Å².